The maximum absolute atomic E-state index is 4.72. The molecule has 1 aromatic carbocycles. The molecule has 0 saturated heterocycles. The van der Waals surface area contributed by atoms with E-state index < -0.39 is 0 Å². The molecule has 24 heavy (non-hydrogen) atoms. The highest BCUT2D eigenvalue weighted by atomic mass is 79.9. The van der Waals surface area contributed by atoms with Crippen molar-refractivity contribution in [2.24, 2.45) is 0 Å². The van der Waals surface area contributed by atoms with Crippen molar-refractivity contribution in [2.75, 3.05) is 0 Å². The molecule has 1 heterocycles. The van der Waals surface area contributed by atoms with Crippen LogP contribution in [0.3, 0.4) is 0 Å². The number of hydrogen-bond acceptors (Lipinski definition) is 1. The van der Waals surface area contributed by atoms with Crippen molar-refractivity contribution in [2.45, 2.75) is 84.0 Å². The van der Waals surface area contributed by atoms with Crippen LogP contribution < -0.4 is 0 Å². The summed E-state index contributed by atoms with van der Waals surface area (Å²) >= 11 is 7.17. The molecule has 0 spiro atoms. The molecule has 1 aromatic heterocycles. The van der Waals surface area contributed by atoms with E-state index in [4.69, 9.17) is 4.98 Å². The van der Waals surface area contributed by atoms with Gasteiger partial charge in [0.2, 0.25) is 0 Å². The fourth-order valence-corrected chi connectivity index (χ4v) is 3.99. The Morgan fingerprint density at radius 3 is 1.92 bits per heavy atom. The van der Waals surface area contributed by atoms with Gasteiger partial charge in [0, 0.05) is 15.4 Å². The van der Waals surface area contributed by atoms with Gasteiger partial charge in [0.25, 0.3) is 0 Å². The second-order valence-corrected chi connectivity index (χ2v) is 8.43. The van der Waals surface area contributed by atoms with Gasteiger partial charge < -0.3 is 4.98 Å². The zero-order valence-corrected chi connectivity index (χ0v) is 18.0. The summed E-state index contributed by atoms with van der Waals surface area (Å²) in [6.07, 6.45) is 16.2. The molecule has 0 amide bonds. The number of aromatic amines is 1. The quantitative estimate of drug-likeness (QED) is 0.322. The fraction of sp³-hybridized carbons (Fsp3) is 0.650. The number of fused-ring (bicyclic) bond motifs is 1. The van der Waals surface area contributed by atoms with E-state index in [0.29, 0.717) is 0 Å². The molecular formula is C20H30Br2N2. The van der Waals surface area contributed by atoms with Gasteiger partial charge in [-0.3, -0.25) is 0 Å². The molecule has 2 aromatic rings. The molecule has 2 nitrogen and oxygen atoms in total. The summed E-state index contributed by atoms with van der Waals surface area (Å²) in [5, 5.41) is 0. The van der Waals surface area contributed by atoms with Crippen LogP contribution in [0.1, 0.15) is 83.4 Å². The van der Waals surface area contributed by atoms with Gasteiger partial charge in [-0.2, -0.15) is 0 Å². The Balaban J connectivity index is 1.57. The zero-order chi connectivity index (χ0) is 17.2. The smallest absolute Gasteiger partial charge is 0.107 e. The molecular weight excluding hydrogens is 428 g/mol. The van der Waals surface area contributed by atoms with Crippen molar-refractivity contribution < 1.29 is 0 Å². The van der Waals surface area contributed by atoms with Gasteiger partial charge in [-0.25, -0.2) is 4.98 Å². The van der Waals surface area contributed by atoms with Crippen LogP contribution in [-0.4, -0.2) is 9.97 Å². The van der Waals surface area contributed by atoms with Gasteiger partial charge in [-0.05, 0) is 50.4 Å². The summed E-state index contributed by atoms with van der Waals surface area (Å²) in [7, 11) is 0. The lowest BCUT2D eigenvalue weighted by molar-refractivity contribution is 0.548. The van der Waals surface area contributed by atoms with Crippen LogP contribution in [0.5, 0.6) is 0 Å². The van der Waals surface area contributed by atoms with E-state index in [2.05, 4.69) is 49.8 Å². The number of nitrogens with one attached hydrogen (secondary N) is 1. The summed E-state index contributed by atoms with van der Waals surface area (Å²) < 4.78 is 2.14. The van der Waals surface area contributed by atoms with E-state index in [-0.39, 0.29) is 0 Å². The van der Waals surface area contributed by atoms with Crippen molar-refractivity contribution in [3.63, 3.8) is 0 Å². The Kier molecular flexibility index (Phi) is 9.40. The van der Waals surface area contributed by atoms with Gasteiger partial charge in [0.05, 0.1) is 5.52 Å². The predicted molar refractivity (Wildman–Crippen MR) is 112 cm³/mol. The average molecular weight is 458 g/mol. The largest absolute Gasteiger partial charge is 0.341 e. The number of imidazole rings is 1. The highest BCUT2D eigenvalue weighted by Gasteiger charge is 2.08. The van der Waals surface area contributed by atoms with Crippen molar-refractivity contribution in [3.8, 4) is 0 Å². The number of hydrogen-bond donors (Lipinski definition) is 1. The van der Waals surface area contributed by atoms with E-state index in [1.54, 1.807) is 0 Å². The number of aromatic nitrogens is 2. The van der Waals surface area contributed by atoms with Crippen LogP contribution in [0, 0.1) is 0 Å². The Labute approximate surface area is 163 Å². The van der Waals surface area contributed by atoms with Gasteiger partial charge in [0.15, 0.2) is 0 Å². The van der Waals surface area contributed by atoms with E-state index in [9.17, 15) is 0 Å². The summed E-state index contributed by atoms with van der Waals surface area (Å²) in [5.74, 6) is 1.11. The lowest BCUT2D eigenvalue weighted by Crippen LogP contribution is -1.89. The zero-order valence-electron chi connectivity index (χ0n) is 14.8. The monoisotopic (exact) mass is 456 g/mol. The lowest BCUT2D eigenvalue weighted by Gasteiger charge is -2.02. The van der Waals surface area contributed by atoms with Crippen molar-refractivity contribution in [3.05, 3.63) is 26.9 Å². The van der Waals surface area contributed by atoms with Gasteiger partial charge in [0.1, 0.15) is 11.3 Å². The third-order valence-corrected chi connectivity index (χ3v) is 5.91. The first-order chi connectivity index (χ1) is 11.7. The molecule has 0 bridgehead atoms. The standard InChI is InChI=1S/C20H30Br2N2/c1-2-3-4-5-6-7-8-9-10-11-12-13-18-23-19-16(21)14-15-17(22)20(19)24-18/h14-15H,2-13H2,1H3,(H,23,24). The Hall–Kier alpha value is -0.350. The first-order valence-corrected chi connectivity index (χ1v) is 11.1. The second-order valence-electron chi connectivity index (χ2n) is 6.72. The number of aryl methyl sites for hydroxylation is 1. The Morgan fingerprint density at radius 1 is 0.792 bits per heavy atom. The highest BCUT2D eigenvalue weighted by Crippen LogP contribution is 2.28. The third kappa shape index (κ3) is 6.51. The molecule has 0 aliphatic rings. The van der Waals surface area contributed by atoms with E-state index in [1.165, 1.54) is 70.6 Å². The van der Waals surface area contributed by atoms with Crippen LogP contribution in [0.4, 0.5) is 0 Å². The van der Waals surface area contributed by atoms with Crippen LogP contribution >= 0.6 is 31.9 Å². The number of nitrogens with zero attached hydrogens (tertiary/aromatic N) is 1. The van der Waals surface area contributed by atoms with Gasteiger partial charge in [-0.15, -0.1) is 0 Å². The molecule has 0 aliphatic carbocycles. The maximum Gasteiger partial charge on any atom is 0.107 e. The molecule has 2 rings (SSSR count). The van der Waals surface area contributed by atoms with Crippen molar-refractivity contribution >= 4 is 42.9 Å². The van der Waals surface area contributed by atoms with Crippen molar-refractivity contribution in [1.29, 1.82) is 0 Å². The predicted octanol–water partition coefficient (Wildman–Crippen LogP) is 7.94. The van der Waals surface area contributed by atoms with Crippen LogP contribution in [-0.2, 0) is 6.42 Å². The average Bonchev–Trinajstić information content (AvgIpc) is 3.02. The summed E-state index contributed by atoms with van der Waals surface area (Å²) in [6.45, 7) is 2.28. The van der Waals surface area contributed by atoms with E-state index in [1.807, 2.05) is 6.07 Å². The first kappa shape index (κ1) is 20.0. The third-order valence-electron chi connectivity index (χ3n) is 4.61. The summed E-state index contributed by atoms with van der Waals surface area (Å²) in [5.41, 5.74) is 2.13. The van der Waals surface area contributed by atoms with Crippen molar-refractivity contribution in [1.82, 2.24) is 9.97 Å². The maximum atomic E-state index is 4.72. The number of benzene rings is 1. The minimum Gasteiger partial charge on any atom is -0.341 e. The summed E-state index contributed by atoms with van der Waals surface area (Å²) in [6, 6.07) is 4.09. The molecule has 0 radical (unpaired) electrons. The highest BCUT2D eigenvalue weighted by molar-refractivity contribution is 9.11. The minimum absolute atomic E-state index is 1.03. The van der Waals surface area contributed by atoms with Gasteiger partial charge >= 0.3 is 0 Å². The number of halogens is 2. The van der Waals surface area contributed by atoms with Crippen LogP contribution in [0.2, 0.25) is 0 Å². The molecule has 1 N–H and O–H groups in total. The van der Waals surface area contributed by atoms with E-state index in [0.717, 1.165) is 32.2 Å². The normalized spacial score (nSPS) is 11.5. The summed E-state index contributed by atoms with van der Waals surface area (Å²) in [4.78, 5) is 8.18. The van der Waals surface area contributed by atoms with Crippen LogP contribution in [0.25, 0.3) is 11.0 Å². The molecule has 0 unspecified atom stereocenters. The number of unbranched alkanes of at least 4 members (excludes halogenated alkanes) is 10. The first-order valence-electron chi connectivity index (χ1n) is 9.55. The Bertz CT molecular complexity index is 568. The van der Waals surface area contributed by atoms with Gasteiger partial charge in [-0.1, -0.05) is 71.1 Å². The molecule has 0 atom stereocenters. The van der Waals surface area contributed by atoms with E-state index >= 15 is 0 Å². The Morgan fingerprint density at radius 2 is 1.33 bits per heavy atom. The molecule has 134 valence electrons. The number of rotatable bonds is 12. The van der Waals surface area contributed by atoms with Crippen LogP contribution in [0.15, 0.2) is 21.1 Å². The lowest BCUT2D eigenvalue weighted by atomic mass is 10.1. The number of H-pyrrole nitrogens is 1. The fourth-order valence-electron chi connectivity index (χ4n) is 3.15. The SMILES string of the molecule is CCCCCCCCCCCCCc1nc2c(Br)ccc(Br)c2[nH]1. The molecule has 0 aliphatic heterocycles. The molecule has 0 fully saturated rings. The minimum atomic E-state index is 1.03. The topological polar surface area (TPSA) is 28.7 Å². The second kappa shape index (κ2) is 11.3. The molecule has 4 heteroatoms. The molecule has 0 saturated carbocycles.